The van der Waals surface area contributed by atoms with Crippen LogP contribution >= 0.6 is 11.8 Å². The smallest absolute Gasteiger partial charge is 0.196 e. The van der Waals surface area contributed by atoms with E-state index in [0.717, 1.165) is 41.9 Å². The molecule has 0 N–H and O–H groups in total. The molecule has 1 unspecified atom stereocenters. The van der Waals surface area contributed by atoms with Gasteiger partial charge in [0.25, 0.3) is 0 Å². The number of hydrogen-bond donors (Lipinski definition) is 0. The number of aromatic nitrogens is 3. The van der Waals surface area contributed by atoms with Crippen molar-refractivity contribution in [1.29, 1.82) is 0 Å². The summed E-state index contributed by atoms with van der Waals surface area (Å²) in [6, 6.07) is 19.6. The monoisotopic (exact) mass is 392 g/mol. The molecular weight excluding hydrogens is 368 g/mol. The summed E-state index contributed by atoms with van der Waals surface area (Å²) in [6.07, 6.45) is 2.48. The third kappa shape index (κ3) is 4.18. The number of likely N-dealkylation sites (tertiary alicyclic amines) is 1. The summed E-state index contributed by atoms with van der Waals surface area (Å²) in [4.78, 5) is 15.2. The van der Waals surface area contributed by atoms with Crippen molar-refractivity contribution in [3.05, 3.63) is 72.1 Å². The van der Waals surface area contributed by atoms with Gasteiger partial charge in [0.05, 0.1) is 11.8 Å². The largest absolute Gasteiger partial charge is 0.296 e. The summed E-state index contributed by atoms with van der Waals surface area (Å²) < 4.78 is 2.09. The summed E-state index contributed by atoms with van der Waals surface area (Å²) >= 11 is 1.47. The van der Waals surface area contributed by atoms with Crippen molar-refractivity contribution in [1.82, 2.24) is 19.7 Å². The van der Waals surface area contributed by atoms with E-state index < -0.39 is 0 Å². The van der Waals surface area contributed by atoms with Crippen LogP contribution in [0.25, 0.3) is 5.69 Å². The van der Waals surface area contributed by atoms with Crippen molar-refractivity contribution in [3.8, 4) is 5.69 Å². The van der Waals surface area contributed by atoms with E-state index in [0.29, 0.717) is 0 Å². The Bertz CT molecular complexity index is 920. The van der Waals surface area contributed by atoms with Gasteiger partial charge in [0, 0.05) is 11.3 Å². The zero-order valence-electron chi connectivity index (χ0n) is 16.0. The number of carbonyl (C=O) groups is 1. The number of ketones is 1. The maximum absolute atomic E-state index is 12.8. The highest BCUT2D eigenvalue weighted by Crippen LogP contribution is 2.28. The van der Waals surface area contributed by atoms with E-state index in [4.69, 9.17) is 0 Å². The Labute approximate surface area is 169 Å². The first-order valence-electron chi connectivity index (χ1n) is 9.70. The van der Waals surface area contributed by atoms with E-state index in [1.165, 1.54) is 24.6 Å². The molecule has 0 spiro atoms. The van der Waals surface area contributed by atoms with Crippen LogP contribution in [0.2, 0.25) is 0 Å². The van der Waals surface area contributed by atoms with E-state index in [2.05, 4.69) is 31.8 Å². The lowest BCUT2D eigenvalue weighted by Gasteiger charge is -2.16. The number of carbonyl (C=O) groups excluding carboxylic acids is 1. The van der Waals surface area contributed by atoms with E-state index >= 15 is 0 Å². The van der Waals surface area contributed by atoms with E-state index in [1.807, 2.05) is 55.5 Å². The van der Waals surface area contributed by atoms with Gasteiger partial charge in [-0.15, -0.1) is 10.2 Å². The topological polar surface area (TPSA) is 51.0 Å². The van der Waals surface area contributed by atoms with Crippen molar-refractivity contribution in [3.63, 3.8) is 0 Å². The van der Waals surface area contributed by atoms with Crippen molar-refractivity contribution < 1.29 is 4.79 Å². The molecule has 6 heteroatoms. The Morgan fingerprint density at radius 2 is 1.64 bits per heavy atom. The van der Waals surface area contributed by atoms with Crippen LogP contribution in [0.3, 0.4) is 0 Å². The van der Waals surface area contributed by atoms with Crippen LogP contribution in [-0.2, 0) is 6.54 Å². The van der Waals surface area contributed by atoms with Crippen LogP contribution in [0.5, 0.6) is 0 Å². The SMILES string of the molecule is CC(Sc1nnc(CN2CCCC2)n1-c1ccccc1)C(=O)c1ccccc1. The molecule has 1 fully saturated rings. The lowest BCUT2D eigenvalue weighted by molar-refractivity contribution is 0.0994. The molecule has 2 aromatic carbocycles. The van der Waals surface area contributed by atoms with Crippen LogP contribution in [0, 0.1) is 0 Å². The molecule has 0 aliphatic carbocycles. The summed E-state index contributed by atoms with van der Waals surface area (Å²) in [5.41, 5.74) is 1.76. The fourth-order valence-corrected chi connectivity index (χ4v) is 4.47. The Morgan fingerprint density at radius 3 is 2.32 bits per heavy atom. The van der Waals surface area contributed by atoms with Crippen molar-refractivity contribution >= 4 is 17.5 Å². The number of rotatable bonds is 7. The van der Waals surface area contributed by atoms with Gasteiger partial charge in [-0.1, -0.05) is 60.3 Å². The number of para-hydroxylation sites is 1. The van der Waals surface area contributed by atoms with Crippen molar-refractivity contribution in [2.24, 2.45) is 0 Å². The summed E-state index contributed by atoms with van der Waals surface area (Å²) in [5.74, 6) is 1.03. The zero-order valence-corrected chi connectivity index (χ0v) is 16.8. The minimum Gasteiger partial charge on any atom is -0.296 e. The van der Waals surface area contributed by atoms with Gasteiger partial charge in [-0.25, -0.2) is 0 Å². The highest BCUT2D eigenvalue weighted by atomic mass is 32.2. The molecule has 1 saturated heterocycles. The molecule has 0 radical (unpaired) electrons. The Kier molecular flexibility index (Phi) is 5.88. The van der Waals surface area contributed by atoms with Crippen LogP contribution in [0.1, 0.15) is 35.9 Å². The third-order valence-corrected chi connectivity index (χ3v) is 6.03. The predicted octanol–water partition coefficient (Wildman–Crippen LogP) is 4.23. The number of hydrogen-bond acceptors (Lipinski definition) is 5. The minimum atomic E-state index is -0.242. The first-order chi connectivity index (χ1) is 13.7. The predicted molar refractivity (Wildman–Crippen MR) is 112 cm³/mol. The van der Waals surface area contributed by atoms with E-state index in [-0.39, 0.29) is 11.0 Å². The van der Waals surface area contributed by atoms with Crippen LogP contribution < -0.4 is 0 Å². The van der Waals surface area contributed by atoms with Gasteiger partial charge in [-0.2, -0.15) is 0 Å². The lowest BCUT2D eigenvalue weighted by atomic mass is 10.1. The molecule has 1 aliphatic heterocycles. The average molecular weight is 393 g/mol. The number of nitrogens with zero attached hydrogens (tertiary/aromatic N) is 4. The number of thioether (sulfide) groups is 1. The summed E-state index contributed by atoms with van der Waals surface area (Å²) in [5, 5.41) is 9.45. The summed E-state index contributed by atoms with van der Waals surface area (Å²) in [7, 11) is 0. The Balaban J connectivity index is 1.61. The van der Waals surface area contributed by atoms with Gasteiger partial charge in [-0.05, 0) is 45.0 Å². The van der Waals surface area contributed by atoms with Crippen molar-refractivity contribution in [2.45, 2.75) is 36.7 Å². The molecule has 0 bridgehead atoms. The van der Waals surface area contributed by atoms with Gasteiger partial charge in [0.1, 0.15) is 0 Å². The molecule has 5 nitrogen and oxygen atoms in total. The van der Waals surface area contributed by atoms with E-state index in [9.17, 15) is 4.79 Å². The first kappa shape index (κ1) is 18.9. The maximum Gasteiger partial charge on any atom is 0.196 e. The molecule has 1 aromatic heterocycles. The van der Waals surface area contributed by atoms with Gasteiger partial charge < -0.3 is 0 Å². The normalized spacial score (nSPS) is 15.6. The zero-order chi connectivity index (χ0) is 19.3. The molecule has 4 rings (SSSR count). The van der Waals surface area contributed by atoms with Crippen molar-refractivity contribution in [2.75, 3.05) is 13.1 Å². The maximum atomic E-state index is 12.8. The molecule has 0 amide bonds. The third-order valence-electron chi connectivity index (χ3n) is 4.99. The first-order valence-corrected chi connectivity index (χ1v) is 10.6. The van der Waals surface area contributed by atoms with Gasteiger partial charge in [0.2, 0.25) is 0 Å². The molecule has 2 heterocycles. The Morgan fingerprint density at radius 1 is 1.00 bits per heavy atom. The second-order valence-corrected chi connectivity index (χ2v) is 8.35. The fraction of sp³-hybridized carbons (Fsp3) is 0.318. The lowest BCUT2D eigenvalue weighted by Crippen LogP contribution is -2.21. The van der Waals surface area contributed by atoms with Crippen LogP contribution in [0.4, 0.5) is 0 Å². The fourth-order valence-electron chi connectivity index (χ4n) is 3.50. The van der Waals surface area contributed by atoms with Crippen LogP contribution in [-0.4, -0.2) is 43.8 Å². The standard InChI is InChI=1S/C22H24N4OS/c1-17(21(27)18-10-4-2-5-11-18)28-22-24-23-20(16-25-14-8-9-15-25)26(22)19-12-6-3-7-13-19/h2-7,10-13,17H,8-9,14-16H2,1H3. The molecule has 0 saturated carbocycles. The molecule has 1 atom stereocenters. The van der Waals surface area contributed by atoms with Gasteiger partial charge >= 0.3 is 0 Å². The summed E-state index contributed by atoms with van der Waals surface area (Å²) in [6.45, 7) is 4.92. The van der Waals surface area contributed by atoms with Gasteiger partial charge in [-0.3, -0.25) is 14.3 Å². The number of Topliss-reactive ketones (excluding diaryl/α,β-unsaturated/α-hetero) is 1. The second kappa shape index (κ2) is 8.71. The quantitative estimate of drug-likeness (QED) is 0.445. The van der Waals surface area contributed by atoms with Gasteiger partial charge in [0.15, 0.2) is 16.8 Å². The van der Waals surface area contributed by atoms with Crippen LogP contribution in [0.15, 0.2) is 65.8 Å². The highest BCUT2D eigenvalue weighted by molar-refractivity contribution is 8.00. The molecule has 28 heavy (non-hydrogen) atoms. The minimum absolute atomic E-state index is 0.106. The molecule has 3 aromatic rings. The second-order valence-electron chi connectivity index (χ2n) is 7.04. The Hall–Kier alpha value is -2.44. The number of benzene rings is 2. The molecular formula is C22H24N4OS. The average Bonchev–Trinajstić information content (AvgIpc) is 3.39. The highest BCUT2D eigenvalue weighted by Gasteiger charge is 2.23. The molecule has 144 valence electrons. The van der Waals surface area contributed by atoms with E-state index in [1.54, 1.807) is 0 Å². The molecule has 1 aliphatic rings.